The van der Waals surface area contributed by atoms with Gasteiger partial charge < -0.3 is 4.98 Å². The molecule has 0 bridgehead atoms. The standard InChI is InChI=1S/C20H14Cl2N2O2/c1-10-16(13-5-3-4-6-15(13)23-10)18-17(19(25)24(2)20(18)26)12-8-7-11(21)9-14(12)22/h3-9,23H,1-2H3. The van der Waals surface area contributed by atoms with Crippen LogP contribution in [0, 0.1) is 6.92 Å². The van der Waals surface area contributed by atoms with E-state index in [1.165, 1.54) is 7.05 Å². The lowest BCUT2D eigenvalue weighted by Gasteiger charge is -2.08. The summed E-state index contributed by atoms with van der Waals surface area (Å²) in [6.07, 6.45) is 0. The summed E-state index contributed by atoms with van der Waals surface area (Å²) in [7, 11) is 1.48. The molecule has 2 heterocycles. The van der Waals surface area contributed by atoms with Crippen molar-refractivity contribution in [2.75, 3.05) is 7.05 Å². The Bertz CT molecular complexity index is 1130. The topological polar surface area (TPSA) is 53.2 Å². The first-order valence-corrected chi connectivity index (χ1v) is 8.75. The number of aryl methyl sites for hydroxylation is 1. The molecule has 4 rings (SSSR count). The van der Waals surface area contributed by atoms with Crippen LogP contribution in [-0.2, 0) is 9.59 Å². The number of aromatic amines is 1. The van der Waals surface area contributed by atoms with E-state index in [0.717, 1.165) is 27.1 Å². The Labute approximate surface area is 160 Å². The van der Waals surface area contributed by atoms with Crippen LogP contribution in [0.15, 0.2) is 42.5 Å². The van der Waals surface area contributed by atoms with Gasteiger partial charge in [0.15, 0.2) is 0 Å². The molecule has 0 unspecified atom stereocenters. The fourth-order valence-corrected chi connectivity index (χ4v) is 3.92. The van der Waals surface area contributed by atoms with Crippen molar-refractivity contribution in [3.05, 3.63) is 69.3 Å². The molecule has 0 saturated carbocycles. The van der Waals surface area contributed by atoms with Crippen LogP contribution in [0.3, 0.4) is 0 Å². The summed E-state index contributed by atoms with van der Waals surface area (Å²) in [5, 5.41) is 1.69. The van der Waals surface area contributed by atoms with Gasteiger partial charge in [0, 0.05) is 39.8 Å². The molecule has 0 spiro atoms. The Balaban J connectivity index is 2.09. The molecule has 2 amide bonds. The highest BCUT2D eigenvalue weighted by Crippen LogP contribution is 2.41. The molecule has 2 aromatic carbocycles. The maximum absolute atomic E-state index is 12.9. The third-order valence-electron chi connectivity index (χ3n) is 4.63. The van der Waals surface area contributed by atoms with Crippen LogP contribution < -0.4 is 0 Å². The number of aromatic nitrogens is 1. The molecule has 1 aliphatic rings. The average Bonchev–Trinajstić information content (AvgIpc) is 3.04. The second kappa shape index (κ2) is 6.01. The number of carbonyl (C=O) groups excluding carboxylic acids is 2. The first-order chi connectivity index (χ1) is 12.4. The van der Waals surface area contributed by atoms with E-state index in [1.807, 2.05) is 31.2 Å². The van der Waals surface area contributed by atoms with Gasteiger partial charge in [0.1, 0.15) is 0 Å². The highest BCUT2D eigenvalue weighted by molar-refractivity contribution is 6.51. The van der Waals surface area contributed by atoms with Gasteiger partial charge in [-0.05, 0) is 25.1 Å². The van der Waals surface area contributed by atoms with Gasteiger partial charge in [0.05, 0.1) is 16.2 Å². The Hall–Kier alpha value is -2.56. The molecule has 130 valence electrons. The minimum Gasteiger partial charge on any atom is -0.358 e. The van der Waals surface area contributed by atoms with Gasteiger partial charge in [-0.2, -0.15) is 0 Å². The van der Waals surface area contributed by atoms with Crippen LogP contribution in [0.4, 0.5) is 0 Å². The van der Waals surface area contributed by atoms with Crippen molar-refractivity contribution in [1.82, 2.24) is 9.88 Å². The largest absolute Gasteiger partial charge is 0.358 e. The molecule has 1 aromatic heterocycles. The summed E-state index contributed by atoms with van der Waals surface area (Å²) in [5.74, 6) is -0.720. The highest BCUT2D eigenvalue weighted by atomic mass is 35.5. The number of nitrogens with zero attached hydrogens (tertiary/aromatic N) is 1. The first-order valence-electron chi connectivity index (χ1n) is 8.00. The van der Waals surface area contributed by atoms with Crippen molar-refractivity contribution in [1.29, 1.82) is 0 Å². The number of benzene rings is 2. The Morgan fingerprint density at radius 3 is 2.38 bits per heavy atom. The predicted octanol–water partition coefficient (Wildman–Crippen LogP) is 4.69. The van der Waals surface area contributed by atoms with Crippen LogP contribution in [-0.4, -0.2) is 28.7 Å². The first kappa shape index (κ1) is 16.9. The monoisotopic (exact) mass is 384 g/mol. The number of likely N-dealkylation sites (N-methyl/N-ethyl adjacent to an activating group) is 1. The lowest BCUT2D eigenvalue weighted by atomic mass is 9.94. The minimum atomic E-state index is -0.376. The number of imide groups is 1. The second-order valence-electron chi connectivity index (χ2n) is 6.21. The molecule has 1 aliphatic heterocycles. The summed E-state index contributed by atoms with van der Waals surface area (Å²) in [4.78, 5) is 30.2. The summed E-state index contributed by atoms with van der Waals surface area (Å²) in [5.41, 5.74) is 3.61. The molecule has 0 saturated heterocycles. The van der Waals surface area contributed by atoms with E-state index >= 15 is 0 Å². The number of amides is 2. The lowest BCUT2D eigenvalue weighted by Crippen LogP contribution is -2.26. The predicted molar refractivity (Wildman–Crippen MR) is 104 cm³/mol. The van der Waals surface area contributed by atoms with Crippen molar-refractivity contribution >= 4 is 57.1 Å². The molecule has 0 radical (unpaired) electrons. The van der Waals surface area contributed by atoms with Crippen LogP contribution in [0.25, 0.3) is 22.0 Å². The second-order valence-corrected chi connectivity index (χ2v) is 7.06. The van der Waals surface area contributed by atoms with Gasteiger partial charge in [0.25, 0.3) is 11.8 Å². The lowest BCUT2D eigenvalue weighted by molar-refractivity contribution is -0.134. The molecular weight excluding hydrogens is 371 g/mol. The van der Waals surface area contributed by atoms with E-state index in [9.17, 15) is 9.59 Å². The minimum absolute atomic E-state index is 0.298. The molecule has 0 fully saturated rings. The van der Waals surface area contributed by atoms with Crippen molar-refractivity contribution < 1.29 is 9.59 Å². The van der Waals surface area contributed by atoms with Gasteiger partial charge in [-0.1, -0.05) is 47.5 Å². The Kier molecular flexibility index (Phi) is 3.90. The van der Waals surface area contributed by atoms with Crippen LogP contribution in [0.2, 0.25) is 10.0 Å². The smallest absolute Gasteiger partial charge is 0.262 e. The van der Waals surface area contributed by atoms with Gasteiger partial charge >= 0.3 is 0 Å². The van der Waals surface area contributed by atoms with E-state index in [2.05, 4.69) is 4.98 Å². The molecule has 1 N–H and O–H groups in total. The fourth-order valence-electron chi connectivity index (χ4n) is 3.41. The van der Waals surface area contributed by atoms with E-state index < -0.39 is 0 Å². The van der Waals surface area contributed by atoms with E-state index in [4.69, 9.17) is 23.2 Å². The zero-order valence-corrected chi connectivity index (χ0v) is 15.6. The van der Waals surface area contributed by atoms with Crippen LogP contribution >= 0.6 is 23.2 Å². The highest BCUT2D eigenvalue weighted by Gasteiger charge is 2.39. The van der Waals surface area contributed by atoms with E-state index in [0.29, 0.717) is 26.8 Å². The number of hydrogen-bond donors (Lipinski definition) is 1. The summed E-state index contributed by atoms with van der Waals surface area (Å²) in [6.45, 7) is 1.89. The number of fused-ring (bicyclic) bond motifs is 1. The quantitative estimate of drug-likeness (QED) is 0.651. The molecule has 3 aromatic rings. The third-order valence-corrected chi connectivity index (χ3v) is 5.18. The van der Waals surface area contributed by atoms with E-state index in [1.54, 1.807) is 18.2 Å². The zero-order chi connectivity index (χ0) is 18.6. The van der Waals surface area contributed by atoms with Gasteiger partial charge in [-0.25, -0.2) is 0 Å². The van der Waals surface area contributed by atoms with Crippen LogP contribution in [0.1, 0.15) is 16.8 Å². The van der Waals surface area contributed by atoms with Crippen molar-refractivity contribution in [3.8, 4) is 0 Å². The van der Waals surface area contributed by atoms with E-state index in [-0.39, 0.29) is 11.8 Å². The molecule has 26 heavy (non-hydrogen) atoms. The molecule has 4 nitrogen and oxygen atoms in total. The molecule has 6 heteroatoms. The number of rotatable bonds is 2. The Morgan fingerprint density at radius 1 is 0.962 bits per heavy atom. The average molecular weight is 385 g/mol. The fraction of sp³-hybridized carbons (Fsp3) is 0.100. The zero-order valence-electron chi connectivity index (χ0n) is 14.1. The molecular formula is C20H14Cl2N2O2. The van der Waals surface area contributed by atoms with Gasteiger partial charge in [-0.15, -0.1) is 0 Å². The molecule has 0 aliphatic carbocycles. The third kappa shape index (κ3) is 2.37. The molecule has 0 atom stereocenters. The number of hydrogen-bond acceptors (Lipinski definition) is 2. The number of carbonyl (C=O) groups is 2. The van der Waals surface area contributed by atoms with Crippen molar-refractivity contribution in [3.63, 3.8) is 0 Å². The number of nitrogens with one attached hydrogen (secondary N) is 1. The Morgan fingerprint density at radius 2 is 1.65 bits per heavy atom. The number of H-pyrrole nitrogens is 1. The normalized spacial score (nSPS) is 14.8. The van der Waals surface area contributed by atoms with Crippen molar-refractivity contribution in [2.24, 2.45) is 0 Å². The van der Waals surface area contributed by atoms with Gasteiger partial charge in [0.2, 0.25) is 0 Å². The number of halogens is 2. The maximum atomic E-state index is 12.9. The summed E-state index contributed by atoms with van der Waals surface area (Å²) in [6, 6.07) is 12.6. The maximum Gasteiger partial charge on any atom is 0.262 e. The number of para-hydroxylation sites is 1. The summed E-state index contributed by atoms with van der Waals surface area (Å²) < 4.78 is 0. The SMILES string of the molecule is Cc1[nH]c2ccccc2c1C1=C(c2ccc(Cl)cc2Cl)C(=O)N(C)C1=O. The summed E-state index contributed by atoms with van der Waals surface area (Å²) >= 11 is 12.3. The van der Waals surface area contributed by atoms with Crippen LogP contribution in [0.5, 0.6) is 0 Å². The van der Waals surface area contributed by atoms with Gasteiger partial charge in [-0.3, -0.25) is 14.5 Å². The van der Waals surface area contributed by atoms with Crippen molar-refractivity contribution in [2.45, 2.75) is 6.92 Å².